The summed E-state index contributed by atoms with van der Waals surface area (Å²) in [5.74, 6) is 0.146. The first-order valence-electron chi connectivity index (χ1n) is 8.41. The number of carbonyl (C=O) groups is 1. The average Bonchev–Trinajstić information content (AvgIpc) is 3.20. The van der Waals surface area contributed by atoms with Gasteiger partial charge in [-0.15, -0.1) is 11.3 Å². The van der Waals surface area contributed by atoms with Crippen molar-refractivity contribution in [3.8, 4) is 0 Å². The molecule has 1 aromatic rings. The molecule has 0 aromatic carbocycles. The monoisotopic (exact) mass is 406 g/mol. The van der Waals surface area contributed by atoms with Crippen LogP contribution >= 0.6 is 22.9 Å². The van der Waals surface area contributed by atoms with Gasteiger partial charge in [0.05, 0.1) is 10.9 Å². The number of thiophene rings is 1. The van der Waals surface area contributed by atoms with Gasteiger partial charge in [-0.1, -0.05) is 18.0 Å². The molecule has 25 heavy (non-hydrogen) atoms. The zero-order chi connectivity index (χ0) is 18.1. The summed E-state index contributed by atoms with van der Waals surface area (Å²) in [7, 11) is -1.95. The van der Waals surface area contributed by atoms with Gasteiger partial charge in [-0.2, -0.15) is 0 Å². The fourth-order valence-corrected chi connectivity index (χ4v) is 6.75. The topological polar surface area (TPSA) is 75.7 Å². The number of hydrogen-bond acceptors (Lipinski definition) is 5. The Kier molecular flexibility index (Phi) is 5.75. The van der Waals surface area contributed by atoms with Crippen LogP contribution in [0, 0.1) is 5.41 Å². The maximum Gasteiger partial charge on any atom is 0.250 e. The highest BCUT2D eigenvalue weighted by Crippen LogP contribution is 2.47. The van der Waals surface area contributed by atoms with Crippen molar-refractivity contribution < 1.29 is 17.9 Å². The second kappa shape index (κ2) is 7.52. The van der Waals surface area contributed by atoms with Gasteiger partial charge in [-0.05, 0) is 31.4 Å². The van der Waals surface area contributed by atoms with E-state index in [0.29, 0.717) is 30.5 Å². The molecule has 140 valence electrons. The Morgan fingerprint density at radius 3 is 2.92 bits per heavy atom. The molecule has 1 saturated carbocycles. The summed E-state index contributed by atoms with van der Waals surface area (Å²) in [5.41, 5.74) is -0.185. The van der Waals surface area contributed by atoms with Crippen molar-refractivity contribution >= 4 is 38.9 Å². The Hall–Kier alpha value is -0.670. The molecule has 9 heteroatoms. The number of fused-ring (bicyclic) bond motifs is 1. The van der Waals surface area contributed by atoms with Crippen molar-refractivity contribution in [2.75, 3.05) is 26.8 Å². The SMILES string of the molecule is COCCN1C(=O)CC[C@]2(CNS(=O)(=O)c3ccc(Cl)s3)CCC[C@@H]12. The van der Waals surface area contributed by atoms with E-state index in [1.54, 1.807) is 13.2 Å². The minimum Gasteiger partial charge on any atom is -0.383 e. The number of likely N-dealkylation sites (tertiary alicyclic amines) is 1. The maximum absolute atomic E-state index is 12.5. The van der Waals surface area contributed by atoms with Crippen LogP contribution in [0.15, 0.2) is 16.3 Å². The average molecular weight is 407 g/mol. The van der Waals surface area contributed by atoms with Crippen molar-refractivity contribution in [2.24, 2.45) is 5.41 Å². The summed E-state index contributed by atoms with van der Waals surface area (Å²) in [6.07, 6.45) is 4.05. The smallest absolute Gasteiger partial charge is 0.250 e. The number of nitrogens with zero attached hydrogens (tertiary/aromatic N) is 1. The highest BCUT2D eigenvalue weighted by molar-refractivity contribution is 7.91. The number of amides is 1. The zero-order valence-electron chi connectivity index (χ0n) is 14.2. The molecule has 6 nitrogen and oxygen atoms in total. The molecule has 2 fully saturated rings. The van der Waals surface area contributed by atoms with Crippen molar-refractivity contribution in [3.63, 3.8) is 0 Å². The number of halogens is 1. The van der Waals surface area contributed by atoms with Gasteiger partial charge < -0.3 is 9.64 Å². The Morgan fingerprint density at radius 1 is 1.44 bits per heavy atom. The van der Waals surface area contributed by atoms with Crippen molar-refractivity contribution in [1.29, 1.82) is 0 Å². The maximum atomic E-state index is 12.5. The Morgan fingerprint density at radius 2 is 2.24 bits per heavy atom. The second-order valence-electron chi connectivity index (χ2n) is 6.73. The molecule has 1 saturated heterocycles. The van der Waals surface area contributed by atoms with E-state index in [2.05, 4.69) is 4.72 Å². The van der Waals surface area contributed by atoms with Gasteiger partial charge in [0.2, 0.25) is 15.9 Å². The van der Waals surface area contributed by atoms with Gasteiger partial charge in [0.1, 0.15) is 4.21 Å². The van der Waals surface area contributed by atoms with Crippen LogP contribution in [0.4, 0.5) is 0 Å². The van der Waals surface area contributed by atoms with E-state index in [0.717, 1.165) is 37.0 Å². The first kappa shape index (κ1) is 19.1. The molecule has 1 aliphatic heterocycles. The minimum atomic E-state index is -3.57. The van der Waals surface area contributed by atoms with E-state index in [1.165, 1.54) is 6.07 Å². The second-order valence-corrected chi connectivity index (χ2v) is 10.4. The molecule has 2 heterocycles. The molecule has 0 unspecified atom stereocenters. The van der Waals surface area contributed by atoms with E-state index in [4.69, 9.17) is 16.3 Å². The standard InChI is InChI=1S/C16H23ClN2O4S2/c1-23-10-9-19-12-3-2-7-16(12,8-6-14(19)20)11-18-25(21,22)15-5-4-13(17)24-15/h4-5,12,18H,2-3,6-11H2,1H3/t12-,16+/m1/s1. The van der Waals surface area contributed by atoms with Crippen molar-refractivity contribution in [1.82, 2.24) is 9.62 Å². The normalized spacial score (nSPS) is 26.9. The molecule has 1 N–H and O–H groups in total. The lowest BCUT2D eigenvalue weighted by Gasteiger charge is -2.46. The lowest BCUT2D eigenvalue weighted by atomic mass is 9.74. The Bertz CT molecular complexity index is 736. The van der Waals surface area contributed by atoms with Gasteiger partial charge in [-0.25, -0.2) is 13.1 Å². The van der Waals surface area contributed by atoms with Crippen LogP contribution in [0.5, 0.6) is 0 Å². The number of carbonyl (C=O) groups excluding carboxylic acids is 1. The van der Waals surface area contributed by atoms with E-state index in [-0.39, 0.29) is 21.6 Å². The molecular formula is C16H23ClN2O4S2. The fourth-order valence-electron chi connectivity index (χ4n) is 4.09. The summed E-state index contributed by atoms with van der Waals surface area (Å²) >= 11 is 6.91. The molecule has 0 spiro atoms. The summed E-state index contributed by atoms with van der Waals surface area (Å²) in [6.45, 7) is 1.42. The van der Waals surface area contributed by atoms with Gasteiger partial charge in [0, 0.05) is 38.1 Å². The lowest BCUT2D eigenvalue weighted by Crippen LogP contribution is -2.56. The number of hydrogen-bond donors (Lipinski definition) is 1. The van der Waals surface area contributed by atoms with Crippen LogP contribution in [-0.2, 0) is 19.6 Å². The third-order valence-electron chi connectivity index (χ3n) is 5.36. The highest BCUT2D eigenvalue weighted by atomic mass is 35.5. The van der Waals surface area contributed by atoms with E-state index in [9.17, 15) is 13.2 Å². The van der Waals surface area contributed by atoms with Crippen molar-refractivity contribution in [3.05, 3.63) is 16.5 Å². The largest absolute Gasteiger partial charge is 0.383 e. The lowest BCUT2D eigenvalue weighted by molar-refractivity contribution is -0.142. The van der Waals surface area contributed by atoms with Crippen molar-refractivity contribution in [2.45, 2.75) is 42.4 Å². The molecule has 0 radical (unpaired) electrons. The number of methoxy groups -OCH3 is 1. The van der Waals surface area contributed by atoms with Crippen LogP contribution < -0.4 is 4.72 Å². The highest BCUT2D eigenvalue weighted by Gasteiger charge is 2.50. The third-order valence-corrected chi connectivity index (χ3v) is 8.48. The Balaban J connectivity index is 1.75. The summed E-state index contributed by atoms with van der Waals surface area (Å²) in [5, 5.41) is 0. The molecular weight excluding hydrogens is 384 g/mol. The molecule has 2 aliphatic rings. The summed E-state index contributed by atoms with van der Waals surface area (Å²) in [4.78, 5) is 14.2. The van der Waals surface area contributed by atoms with Crippen LogP contribution in [0.25, 0.3) is 0 Å². The molecule has 3 rings (SSSR count). The van der Waals surface area contributed by atoms with Gasteiger partial charge in [0.25, 0.3) is 0 Å². The van der Waals surface area contributed by atoms with Crippen LogP contribution in [0.2, 0.25) is 4.34 Å². The first-order valence-corrected chi connectivity index (χ1v) is 11.1. The van der Waals surface area contributed by atoms with Crippen LogP contribution in [0.3, 0.4) is 0 Å². The predicted molar refractivity (Wildman–Crippen MR) is 97.4 cm³/mol. The molecule has 0 bridgehead atoms. The first-order chi connectivity index (χ1) is 11.9. The van der Waals surface area contributed by atoms with Gasteiger partial charge in [0.15, 0.2) is 0 Å². The molecule has 1 aliphatic carbocycles. The number of nitrogens with one attached hydrogen (secondary N) is 1. The molecule has 1 aromatic heterocycles. The quantitative estimate of drug-likeness (QED) is 0.754. The number of ether oxygens (including phenoxy) is 1. The zero-order valence-corrected chi connectivity index (χ0v) is 16.6. The summed E-state index contributed by atoms with van der Waals surface area (Å²) < 4.78 is 33.6. The number of rotatable bonds is 7. The Labute approximate surface area is 157 Å². The fraction of sp³-hybridized carbons (Fsp3) is 0.688. The van der Waals surface area contributed by atoms with E-state index < -0.39 is 10.0 Å². The van der Waals surface area contributed by atoms with Crippen LogP contribution in [-0.4, -0.2) is 52.1 Å². The summed E-state index contributed by atoms with van der Waals surface area (Å²) in [6, 6.07) is 3.19. The third kappa shape index (κ3) is 3.88. The number of piperidine rings is 1. The van der Waals surface area contributed by atoms with Gasteiger partial charge in [-0.3, -0.25) is 4.79 Å². The predicted octanol–water partition coefficient (Wildman–Crippen LogP) is 2.49. The van der Waals surface area contributed by atoms with Crippen LogP contribution in [0.1, 0.15) is 32.1 Å². The molecule has 2 atom stereocenters. The minimum absolute atomic E-state index is 0.0820. The van der Waals surface area contributed by atoms with E-state index >= 15 is 0 Å². The molecule has 1 amide bonds. The van der Waals surface area contributed by atoms with E-state index in [1.807, 2.05) is 4.90 Å². The van der Waals surface area contributed by atoms with Gasteiger partial charge >= 0.3 is 0 Å². The number of sulfonamides is 1.